The molecule has 0 rings (SSSR count). The third-order valence-corrected chi connectivity index (χ3v) is 0.785. The van der Waals surface area contributed by atoms with Gasteiger partial charge < -0.3 is 16.6 Å². The van der Waals surface area contributed by atoms with Crippen LogP contribution in [0.3, 0.4) is 0 Å². The molecule has 0 amide bonds. The highest BCUT2D eigenvalue weighted by Crippen LogP contribution is 1.85. The third-order valence-electron chi connectivity index (χ3n) is 0.330. The van der Waals surface area contributed by atoms with Crippen LogP contribution >= 0.6 is 10.7 Å². The van der Waals surface area contributed by atoms with Crippen molar-refractivity contribution in [3.8, 4) is 0 Å². The van der Waals surface area contributed by atoms with Crippen molar-refractivity contribution in [1.29, 1.82) is 0 Å². The Kier molecular flexibility index (Phi) is 8.38. The summed E-state index contributed by atoms with van der Waals surface area (Å²) in [7, 11) is 6.68. The minimum absolute atomic E-state index is 0. The van der Waals surface area contributed by atoms with Crippen LogP contribution in [0.15, 0.2) is 0 Å². The fourth-order valence-corrected chi connectivity index (χ4v) is 0.457. The molecule has 0 aliphatic carbocycles. The van der Waals surface area contributed by atoms with E-state index < -0.39 is 10.3 Å². The van der Waals surface area contributed by atoms with Gasteiger partial charge in [0.2, 0.25) is 0 Å². The van der Waals surface area contributed by atoms with Gasteiger partial charge >= 0.3 is 16.7 Å². The standard InChI is InChI=1S/C3H7ClNO2S.ClH/c1-5(2)3-7-8(4)6;/h3H,1-2H3;1H/q+1;/p-1. The van der Waals surface area contributed by atoms with E-state index in [2.05, 4.69) is 4.18 Å². The summed E-state index contributed by atoms with van der Waals surface area (Å²) in [5.41, 5.74) is 0. The van der Waals surface area contributed by atoms with Crippen molar-refractivity contribution in [3.63, 3.8) is 0 Å². The topological polar surface area (TPSA) is 29.3 Å². The molecule has 0 aliphatic rings. The summed E-state index contributed by atoms with van der Waals surface area (Å²) < 4.78 is 15.9. The largest absolute Gasteiger partial charge is 1.00 e. The summed E-state index contributed by atoms with van der Waals surface area (Å²) in [5, 5.41) is 0. The molecule has 0 spiro atoms. The lowest BCUT2D eigenvalue weighted by Crippen LogP contribution is -3.00. The maximum atomic E-state index is 9.94. The van der Waals surface area contributed by atoms with Gasteiger partial charge in [-0.15, -0.1) is 0 Å². The van der Waals surface area contributed by atoms with Gasteiger partial charge in [0.05, 0.1) is 0 Å². The number of hydrogen-bond acceptors (Lipinski definition) is 2. The van der Waals surface area contributed by atoms with Gasteiger partial charge in [-0.1, -0.05) is 0 Å². The molecule has 0 aromatic carbocycles. The molecule has 0 N–H and O–H groups in total. The second-order valence-electron chi connectivity index (χ2n) is 1.36. The van der Waals surface area contributed by atoms with Crippen molar-refractivity contribution in [2.45, 2.75) is 0 Å². The molecule has 0 aliphatic heterocycles. The molecule has 9 heavy (non-hydrogen) atoms. The Hall–Kier alpha value is 0.200. The highest BCUT2D eigenvalue weighted by Gasteiger charge is 1.89. The van der Waals surface area contributed by atoms with Crippen LogP contribution in [-0.4, -0.2) is 29.3 Å². The van der Waals surface area contributed by atoms with Gasteiger partial charge in [-0.05, 0) is 0 Å². The van der Waals surface area contributed by atoms with Crippen LogP contribution < -0.4 is 12.4 Å². The monoisotopic (exact) mass is 191 g/mol. The van der Waals surface area contributed by atoms with Gasteiger partial charge in [-0.25, -0.2) is 4.58 Å². The van der Waals surface area contributed by atoms with Gasteiger partial charge in [0.1, 0.15) is 14.1 Å². The van der Waals surface area contributed by atoms with E-state index in [9.17, 15) is 4.21 Å². The Bertz CT molecular complexity index is 123. The predicted molar refractivity (Wildman–Crippen MR) is 33.3 cm³/mol. The first-order chi connectivity index (χ1) is 3.63. The molecular formula is C3H7Cl2NO2S. The highest BCUT2D eigenvalue weighted by molar-refractivity contribution is 8.04. The molecular weight excluding hydrogens is 185 g/mol. The zero-order chi connectivity index (χ0) is 6.57. The smallest absolute Gasteiger partial charge is 0.338 e. The van der Waals surface area contributed by atoms with Crippen molar-refractivity contribution in [2.75, 3.05) is 14.1 Å². The minimum atomic E-state index is -1.71. The van der Waals surface area contributed by atoms with Gasteiger partial charge in [-0.3, -0.25) is 0 Å². The molecule has 0 radical (unpaired) electrons. The molecule has 3 nitrogen and oxygen atoms in total. The molecule has 6 heteroatoms. The van der Waals surface area contributed by atoms with Gasteiger partial charge in [0.15, 0.2) is 0 Å². The molecule has 0 heterocycles. The van der Waals surface area contributed by atoms with E-state index in [1.165, 1.54) is 6.40 Å². The van der Waals surface area contributed by atoms with Gasteiger partial charge in [0.25, 0.3) is 0 Å². The fourth-order valence-electron chi connectivity index (χ4n) is 0.120. The van der Waals surface area contributed by atoms with Crippen LogP contribution in [0.25, 0.3) is 0 Å². The van der Waals surface area contributed by atoms with Crippen LogP contribution in [0.2, 0.25) is 0 Å². The zero-order valence-corrected chi connectivity index (χ0v) is 7.33. The molecule has 0 aromatic heterocycles. The van der Waals surface area contributed by atoms with Gasteiger partial charge in [0, 0.05) is 10.7 Å². The van der Waals surface area contributed by atoms with Crippen LogP contribution in [0.4, 0.5) is 0 Å². The number of nitrogens with zero attached hydrogens (tertiary/aromatic N) is 1. The molecule has 0 bridgehead atoms. The first-order valence-electron chi connectivity index (χ1n) is 1.88. The Morgan fingerprint density at radius 1 is 1.67 bits per heavy atom. The molecule has 0 fully saturated rings. The van der Waals surface area contributed by atoms with Crippen LogP contribution in [0.1, 0.15) is 0 Å². The highest BCUT2D eigenvalue weighted by atomic mass is 35.7. The summed E-state index contributed by atoms with van der Waals surface area (Å²) in [4.78, 5) is 0. The number of rotatable bonds is 2. The lowest BCUT2D eigenvalue weighted by atomic mass is 11.1. The maximum Gasteiger partial charge on any atom is 0.338 e. The van der Waals surface area contributed by atoms with Gasteiger partial charge in [-0.2, -0.15) is 4.21 Å². The van der Waals surface area contributed by atoms with Crippen LogP contribution in [0, 0.1) is 0 Å². The first kappa shape index (κ1) is 11.9. The van der Waals surface area contributed by atoms with E-state index >= 15 is 0 Å². The van der Waals surface area contributed by atoms with Crippen molar-refractivity contribution in [2.24, 2.45) is 0 Å². The Balaban J connectivity index is 0. The molecule has 1 atom stereocenters. The molecule has 0 saturated carbocycles. The number of hydrogen-bond donors (Lipinski definition) is 0. The lowest BCUT2D eigenvalue weighted by Gasteiger charge is -1.84. The Labute approximate surface area is 67.2 Å². The molecule has 0 aromatic rings. The first-order valence-corrected chi connectivity index (χ1v) is 3.78. The van der Waals surface area contributed by atoms with Crippen LogP contribution in [0.5, 0.6) is 0 Å². The Morgan fingerprint density at radius 2 is 2.11 bits per heavy atom. The molecule has 1 unspecified atom stereocenters. The normalized spacial score (nSPS) is 11.0. The quantitative estimate of drug-likeness (QED) is 0.203. The zero-order valence-electron chi connectivity index (χ0n) is 5.01. The summed E-state index contributed by atoms with van der Waals surface area (Å²) in [6.07, 6.45) is 1.27. The third kappa shape index (κ3) is 11.7. The van der Waals surface area contributed by atoms with E-state index in [-0.39, 0.29) is 12.4 Å². The fraction of sp³-hybridized carbons (Fsp3) is 0.667. The molecule has 0 saturated heterocycles. The minimum Gasteiger partial charge on any atom is -1.00 e. The van der Waals surface area contributed by atoms with Crippen molar-refractivity contribution >= 4 is 27.4 Å². The SMILES string of the molecule is C[N+](C)=COS(=O)Cl.[Cl-]. The van der Waals surface area contributed by atoms with Crippen molar-refractivity contribution < 1.29 is 25.4 Å². The van der Waals surface area contributed by atoms with E-state index in [0.29, 0.717) is 0 Å². The predicted octanol–water partition coefficient (Wildman–Crippen LogP) is -2.88. The summed E-state index contributed by atoms with van der Waals surface area (Å²) in [6, 6.07) is 0. The summed E-state index contributed by atoms with van der Waals surface area (Å²) >= 11 is 0. The summed E-state index contributed by atoms with van der Waals surface area (Å²) in [5.74, 6) is 0. The molecule has 56 valence electrons. The Morgan fingerprint density at radius 3 is 2.22 bits per heavy atom. The van der Waals surface area contributed by atoms with E-state index in [0.717, 1.165) is 0 Å². The van der Waals surface area contributed by atoms with E-state index in [1.54, 1.807) is 18.7 Å². The van der Waals surface area contributed by atoms with Crippen LogP contribution in [-0.2, 0) is 14.5 Å². The van der Waals surface area contributed by atoms with Crippen molar-refractivity contribution in [1.82, 2.24) is 0 Å². The number of halogens is 2. The van der Waals surface area contributed by atoms with E-state index in [4.69, 9.17) is 10.7 Å². The maximum absolute atomic E-state index is 9.94. The second-order valence-corrected chi connectivity index (χ2v) is 2.70. The summed E-state index contributed by atoms with van der Waals surface area (Å²) in [6.45, 7) is 0. The van der Waals surface area contributed by atoms with E-state index in [1.807, 2.05) is 0 Å². The average Bonchev–Trinajstić information content (AvgIpc) is 1.61. The second kappa shape index (κ2) is 6.32. The lowest BCUT2D eigenvalue weighted by molar-refractivity contribution is -0.465. The average molecular weight is 192 g/mol. The van der Waals surface area contributed by atoms with Crippen molar-refractivity contribution in [3.05, 3.63) is 0 Å².